The van der Waals surface area contributed by atoms with E-state index < -0.39 is 0 Å². The molecule has 2 aromatic heterocycles. The predicted molar refractivity (Wildman–Crippen MR) is 85.7 cm³/mol. The lowest BCUT2D eigenvalue weighted by Gasteiger charge is -2.04. The van der Waals surface area contributed by atoms with E-state index in [9.17, 15) is 4.79 Å². The largest absolute Gasteiger partial charge is 0.351 e. The average molecular weight is 315 g/mol. The van der Waals surface area contributed by atoms with Crippen LogP contribution in [0, 0.1) is 0 Å². The summed E-state index contributed by atoms with van der Waals surface area (Å²) in [6.45, 7) is 0.602. The summed E-state index contributed by atoms with van der Waals surface area (Å²) in [7, 11) is 0. The molecule has 0 aliphatic heterocycles. The highest BCUT2D eigenvalue weighted by atomic mass is 32.1. The normalized spacial score (nSPS) is 10.5. The van der Waals surface area contributed by atoms with Gasteiger partial charge < -0.3 is 5.32 Å². The van der Waals surface area contributed by atoms with E-state index in [1.165, 1.54) is 5.56 Å². The Morgan fingerprint density at radius 3 is 2.76 bits per heavy atom. The smallest absolute Gasteiger partial charge is 0.265 e. The number of hydrogen-bond acceptors (Lipinski definition) is 5. The lowest BCUT2D eigenvalue weighted by atomic mass is 10.1. The van der Waals surface area contributed by atoms with Crippen molar-refractivity contribution in [3.8, 4) is 10.6 Å². The zero-order valence-corrected chi connectivity index (χ0v) is 12.8. The minimum atomic E-state index is -0.107. The highest BCUT2D eigenvalue weighted by molar-refractivity contribution is 7.14. The predicted octanol–water partition coefficient (Wildman–Crippen LogP) is 3.24. The van der Waals surface area contributed by atoms with Gasteiger partial charge in [-0.2, -0.15) is 0 Å². The summed E-state index contributed by atoms with van der Waals surface area (Å²) >= 11 is 2.69. The van der Waals surface area contributed by atoms with Crippen molar-refractivity contribution in [3.05, 3.63) is 58.3 Å². The summed E-state index contributed by atoms with van der Waals surface area (Å²) in [5, 5.41) is 8.96. The number of carbonyl (C=O) groups excluding carboxylic acids is 1. The van der Waals surface area contributed by atoms with Crippen molar-refractivity contribution in [2.24, 2.45) is 0 Å². The summed E-state index contributed by atoms with van der Waals surface area (Å²) in [5.41, 5.74) is 1.88. The lowest BCUT2D eigenvalue weighted by Crippen LogP contribution is -2.25. The Hall–Kier alpha value is -2.05. The van der Waals surface area contributed by atoms with E-state index in [1.54, 1.807) is 11.3 Å². The fourth-order valence-electron chi connectivity index (χ4n) is 1.96. The fourth-order valence-corrected chi connectivity index (χ4v) is 3.34. The van der Waals surface area contributed by atoms with Gasteiger partial charge in [-0.3, -0.25) is 4.79 Å². The Labute approximate surface area is 130 Å². The summed E-state index contributed by atoms with van der Waals surface area (Å²) in [5.74, 6) is -0.107. The Morgan fingerprint density at radius 2 is 2.00 bits per heavy atom. The molecule has 2 heterocycles. The number of aromatic nitrogens is 2. The number of nitrogens with zero attached hydrogens (tertiary/aromatic N) is 2. The molecule has 0 spiro atoms. The number of amides is 1. The van der Waals surface area contributed by atoms with Gasteiger partial charge in [0.2, 0.25) is 0 Å². The number of thiophene rings is 1. The number of nitrogens with one attached hydrogen (secondary N) is 1. The van der Waals surface area contributed by atoms with Crippen LogP contribution in [0.5, 0.6) is 0 Å². The standard InChI is InChI=1S/C15H13N3OS2/c19-15(16-9-8-11-5-2-1-3-6-11)14-13(17-18-21-14)12-7-4-10-20-12/h1-7,10H,8-9H2,(H,16,19). The molecule has 0 radical (unpaired) electrons. The first-order chi connectivity index (χ1) is 10.3. The van der Waals surface area contributed by atoms with Crippen LogP contribution in [0.2, 0.25) is 0 Å². The van der Waals surface area contributed by atoms with Gasteiger partial charge in [0.15, 0.2) is 0 Å². The van der Waals surface area contributed by atoms with Gasteiger partial charge >= 0.3 is 0 Å². The molecule has 0 aliphatic rings. The molecule has 1 N–H and O–H groups in total. The number of carbonyl (C=O) groups is 1. The summed E-state index contributed by atoms with van der Waals surface area (Å²) in [6.07, 6.45) is 0.813. The second kappa shape index (κ2) is 6.60. The molecule has 21 heavy (non-hydrogen) atoms. The van der Waals surface area contributed by atoms with Crippen molar-refractivity contribution in [2.75, 3.05) is 6.54 Å². The third-order valence-corrected chi connectivity index (χ3v) is 4.59. The first-order valence-corrected chi connectivity index (χ1v) is 8.18. The van der Waals surface area contributed by atoms with Gasteiger partial charge in [0.25, 0.3) is 5.91 Å². The first kappa shape index (κ1) is 13.9. The monoisotopic (exact) mass is 315 g/mol. The van der Waals surface area contributed by atoms with Crippen LogP contribution >= 0.6 is 22.9 Å². The third kappa shape index (κ3) is 3.34. The molecule has 3 aromatic rings. The summed E-state index contributed by atoms with van der Waals surface area (Å²) in [6, 6.07) is 14.0. The van der Waals surface area contributed by atoms with Crippen LogP contribution in [-0.4, -0.2) is 22.0 Å². The van der Waals surface area contributed by atoms with Crippen LogP contribution in [0.15, 0.2) is 47.8 Å². The average Bonchev–Trinajstić information content (AvgIpc) is 3.19. The number of rotatable bonds is 5. The minimum absolute atomic E-state index is 0.107. The van der Waals surface area contributed by atoms with Crippen LogP contribution in [0.1, 0.15) is 15.2 Å². The van der Waals surface area contributed by atoms with Crippen LogP contribution in [-0.2, 0) is 6.42 Å². The van der Waals surface area contributed by atoms with Gasteiger partial charge in [-0.05, 0) is 35.0 Å². The summed E-state index contributed by atoms with van der Waals surface area (Å²) < 4.78 is 3.90. The van der Waals surface area contributed by atoms with Gasteiger partial charge in [0.05, 0.1) is 4.88 Å². The van der Waals surface area contributed by atoms with E-state index in [1.807, 2.05) is 35.7 Å². The summed E-state index contributed by atoms with van der Waals surface area (Å²) in [4.78, 5) is 13.8. The quantitative estimate of drug-likeness (QED) is 0.786. The van der Waals surface area contributed by atoms with Gasteiger partial charge in [0.1, 0.15) is 10.6 Å². The molecule has 0 aliphatic carbocycles. The second-order valence-corrected chi connectivity index (χ2v) is 6.12. The molecule has 0 saturated heterocycles. The van der Waals surface area contributed by atoms with Crippen LogP contribution < -0.4 is 5.32 Å². The van der Waals surface area contributed by atoms with Crippen molar-refractivity contribution >= 4 is 28.8 Å². The first-order valence-electron chi connectivity index (χ1n) is 6.53. The third-order valence-electron chi connectivity index (χ3n) is 2.99. The fraction of sp³-hybridized carbons (Fsp3) is 0.133. The highest BCUT2D eigenvalue weighted by Crippen LogP contribution is 2.27. The van der Waals surface area contributed by atoms with Gasteiger partial charge in [-0.25, -0.2) is 0 Å². The van der Waals surface area contributed by atoms with E-state index in [2.05, 4.69) is 27.0 Å². The van der Waals surface area contributed by atoms with E-state index in [-0.39, 0.29) is 5.91 Å². The molecule has 1 amide bonds. The molecule has 4 nitrogen and oxygen atoms in total. The van der Waals surface area contributed by atoms with Crippen molar-refractivity contribution in [3.63, 3.8) is 0 Å². The minimum Gasteiger partial charge on any atom is -0.351 e. The van der Waals surface area contributed by atoms with Gasteiger partial charge in [-0.15, -0.1) is 16.4 Å². The van der Waals surface area contributed by atoms with Crippen molar-refractivity contribution in [1.29, 1.82) is 0 Å². The molecule has 0 unspecified atom stereocenters. The van der Waals surface area contributed by atoms with Gasteiger partial charge in [0, 0.05) is 6.54 Å². The highest BCUT2D eigenvalue weighted by Gasteiger charge is 2.17. The van der Waals surface area contributed by atoms with Crippen molar-refractivity contribution < 1.29 is 4.79 Å². The molecular formula is C15H13N3OS2. The molecule has 0 saturated carbocycles. The van der Waals surface area contributed by atoms with Crippen molar-refractivity contribution in [1.82, 2.24) is 14.9 Å². The number of benzene rings is 1. The topological polar surface area (TPSA) is 54.9 Å². The second-order valence-electron chi connectivity index (χ2n) is 4.42. The van der Waals surface area contributed by atoms with E-state index in [0.717, 1.165) is 22.8 Å². The Kier molecular flexibility index (Phi) is 4.37. The van der Waals surface area contributed by atoms with E-state index in [0.29, 0.717) is 17.1 Å². The molecular weight excluding hydrogens is 302 g/mol. The van der Waals surface area contributed by atoms with Crippen LogP contribution in [0.4, 0.5) is 0 Å². The maximum atomic E-state index is 12.2. The molecule has 0 fully saturated rings. The van der Waals surface area contributed by atoms with E-state index >= 15 is 0 Å². The Morgan fingerprint density at radius 1 is 1.14 bits per heavy atom. The Balaban J connectivity index is 1.63. The maximum Gasteiger partial charge on any atom is 0.265 e. The zero-order chi connectivity index (χ0) is 14.5. The Bertz CT molecular complexity index is 708. The van der Waals surface area contributed by atoms with Crippen LogP contribution in [0.3, 0.4) is 0 Å². The number of hydrogen-bond donors (Lipinski definition) is 1. The van der Waals surface area contributed by atoms with Gasteiger partial charge in [-0.1, -0.05) is 40.9 Å². The lowest BCUT2D eigenvalue weighted by molar-refractivity contribution is 0.0958. The zero-order valence-electron chi connectivity index (χ0n) is 11.2. The molecule has 0 bridgehead atoms. The van der Waals surface area contributed by atoms with Crippen LogP contribution in [0.25, 0.3) is 10.6 Å². The SMILES string of the molecule is O=C(NCCc1ccccc1)c1snnc1-c1cccs1. The molecule has 6 heteroatoms. The molecule has 1 aromatic carbocycles. The maximum absolute atomic E-state index is 12.2. The molecule has 0 atom stereocenters. The van der Waals surface area contributed by atoms with E-state index in [4.69, 9.17) is 0 Å². The molecule has 106 valence electrons. The van der Waals surface area contributed by atoms with Crippen molar-refractivity contribution in [2.45, 2.75) is 6.42 Å². The molecule has 3 rings (SSSR count).